The van der Waals surface area contributed by atoms with Crippen LogP contribution in [0.1, 0.15) is 25.8 Å². The van der Waals surface area contributed by atoms with Crippen molar-refractivity contribution in [3.63, 3.8) is 0 Å². The first-order chi connectivity index (χ1) is 8.43. The van der Waals surface area contributed by atoms with Crippen LogP contribution in [-0.2, 0) is 11.3 Å². The largest absolute Gasteiger partial charge is 0.341 e. The van der Waals surface area contributed by atoms with Gasteiger partial charge in [-0.05, 0) is 45.3 Å². The van der Waals surface area contributed by atoms with Gasteiger partial charge in [0.1, 0.15) is 0 Å². The molecule has 102 valence electrons. The maximum Gasteiger partial charge on any atom is 0.227 e. The van der Waals surface area contributed by atoms with Crippen LogP contribution in [-0.4, -0.2) is 24.4 Å². The van der Waals surface area contributed by atoms with Crippen LogP contribution >= 0.6 is 27.3 Å². The first-order valence-corrected chi connectivity index (χ1v) is 7.79. The molecule has 1 atom stereocenters. The van der Waals surface area contributed by atoms with Gasteiger partial charge >= 0.3 is 0 Å². The third-order valence-corrected chi connectivity index (χ3v) is 4.36. The SMILES string of the molecule is CC(C)CC(CN)C(=O)N(C)Cc1csc(Br)c1. The van der Waals surface area contributed by atoms with Gasteiger partial charge in [0.2, 0.25) is 5.91 Å². The van der Waals surface area contributed by atoms with Crippen molar-refractivity contribution in [3.8, 4) is 0 Å². The molecule has 1 rings (SSSR count). The van der Waals surface area contributed by atoms with Crippen LogP contribution in [0.5, 0.6) is 0 Å². The van der Waals surface area contributed by atoms with Gasteiger partial charge in [-0.15, -0.1) is 11.3 Å². The van der Waals surface area contributed by atoms with Crippen LogP contribution in [0.3, 0.4) is 0 Å². The Morgan fingerprint density at radius 1 is 1.56 bits per heavy atom. The van der Waals surface area contributed by atoms with Gasteiger partial charge in [-0.1, -0.05) is 13.8 Å². The molecule has 0 aromatic carbocycles. The molecular weight excluding hydrogens is 312 g/mol. The first-order valence-electron chi connectivity index (χ1n) is 6.12. The number of hydrogen-bond acceptors (Lipinski definition) is 3. The summed E-state index contributed by atoms with van der Waals surface area (Å²) in [6, 6.07) is 2.05. The number of nitrogens with zero attached hydrogens (tertiary/aromatic N) is 1. The first kappa shape index (κ1) is 15.7. The van der Waals surface area contributed by atoms with Gasteiger partial charge in [0.15, 0.2) is 0 Å². The van der Waals surface area contributed by atoms with Crippen molar-refractivity contribution < 1.29 is 4.79 Å². The van der Waals surface area contributed by atoms with E-state index < -0.39 is 0 Å². The van der Waals surface area contributed by atoms with E-state index in [0.717, 1.165) is 15.8 Å². The van der Waals surface area contributed by atoms with Crippen molar-refractivity contribution >= 4 is 33.2 Å². The predicted octanol–water partition coefficient (Wildman–Crippen LogP) is 3.09. The minimum absolute atomic E-state index is 0.0583. The summed E-state index contributed by atoms with van der Waals surface area (Å²) in [4.78, 5) is 14.0. The van der Waals surface area contributed by atoms with E-state index in [-0.39, 0.29) is 11.8 Å². The summed E-state index contributed by atoms with van der Waals surface area (Å²) in [6.07, 6.45) is 0.854. The highest BCUT2D eigenvalue weighted by Crippen LogP contribution is 2.22. The third-order valence-electron chi connectivity index (χ3n) is 2.81. The van der Waals surface area contributed by atoms with Crippen LogP contribution < -0.4 is 5.73 Å². The summed E-state index contributed by atoms with van der Waals surface area (Å²) in [5.74, 6) is 0.580. The zero-order valence-electron chi connectivity index (χ0n) is 11.1. The zero-order valence-corrected chi connectivity index (χ0v) is 13.6. The van der Waals surface area contributed by atoms with Gasteiger partial charge in [0, 0.05) is 20.1 Å². The standard InChI is InChI=1S/C13H21BrN2OS/c1-9(2)4-11(6-15)13(17)16(3)7-10-5-12(14)18-8-10/h5,8-9,11H,4,6-7,15H2,1-3H3. The van der Waals surface area contributed by atoms with Crippen LogP contribution in [0.25, 0.3) is 0 Å². The fourth-order valence-corrected chi connectivity index (χ4v) is 3.16. The number of hydrogen-bond donors (Lipinski definition) is 1. The molecule has 0 aliphatic carbocycles. The van der Waals surface area contributed by atoms with Crippen LogP contribution in [0, 0.1) is 11.8 Å². The highest BCUT2D eigenvalue weighted by molar-refractivity contribution is 9.11. The summed E-state index contributed by atoms with van der Waals surface area (Å²) < 4.78 is 1.09. The van der Waals surface area contributed by atoms with Gasteiger partial charge < -0.3 is 10.6 Å². The smallest absolute Gasteiger partial charge is 0.227 e. The van der Waals surface area contributed by atoms with E-state index in [1.54, 1.807) is 16.2 Å². The molecule has 18 heavy (non-hydrogen) atoms. The zero-order chi connectivity index (χ0) is 13.7. The monoisotopic (exact) mass is 332 g/mol. The van der Waals surface area contributed by atoms with E-state index in [0.29, 0.717) is 19.0 Å². The Morgan fingerprint density at radius 3 is 2.67 bits per heavy atom. The number of thiophene rings is 1. The lowest BCUT2D eigenvalue weighted by Gasteiger charge is -2.23. The van der Waals surface area contributed by atoms with Gasteiger partial charge in [0.05, 0.1) is 9.70 Å². The number of carbonyl (C=O) groups excluding carboxylic acids is 1. The molecule has 0 saturated heterocycles. The molecular formula is C13H21BrN2OS. The molecule has 0 spiro atoms. The maximum absolute atomic E-state index is 12.3. The predicted molar refractivity (Wildman–Crippen MR) is 80.5 cm³/mol. The van der Waals surface area contributed by atoms with Crippen molar-refractivity contribution in [3.05, 3.63) is 20.8 Å². The Kier molecular flexibility index (Phi) is 6.32. The lowest BCUT2D eigenvalue weighted by molar-refractivity contribution is -0.134. The second-order valence-corrected chi connectivity index (χ2v) is 7.31. The lowest BCUT2D eigenvalue weighted by Crippen LogP contribution is -2.36. The summed E-state index contributed by atoms with van der Waals surface area (Å²) in [6.45, 7) is 5.31. The molecule has 5 heteroatoms. The Bertz CT molecular complexity index is 392. The highest BCUT2D eigenvalue weighted by Gasteiger charge is 2.21. The quantitative estimate of drug-likeness (QED) is 0.870. The van der Waals surface area contributed by atoms with Crippen LogP contribution in [0.15, 0.2) is 15.2 Å². The molecule has 1 amide bonds. The summed E-state index contributed by atoms with van der Waals surface area (Å²) >= 11 is 5.07. The van der Waals surface area contributed by atoms with Crippen molar-refractivity contribution in [2.24, 2.45) is 17.6 Å². The van der Waals surface area contributed by atoms with E-state index >= 15 is 0 Å². The van der Waals surface area contributed by atoms with Gasteiger partial charge in [0.25, 0.3) is 0 Å². The molecule has 0 fully saturated rings. The van der Waals surface area contributed by atoms with Crippen molar-refractivity contribution in [2.45, 2.75) is 26.8 Å². The molecule has 0 radical (unpaired) electrons. The fraction of sp³-hybridized carbons (Fsp3) is 0.615. The molecule has 0 aliphatic heterocycles. The van der Waals surface area contributed by atoms with Crippen molar-refractivity contribution in [2.75, 3.05) is 13.6 Å². The fourth-order valence-electron chi connectivity index (χ4n) is 1.96. The maximum atomic E-state index is 12.3. The molecule has 1 unspecified atom stereocenters. The van der Waals surface area contributed by atoms with E-state index in [1.807, 2.05) is 13.1 Å². The summed E-state index contributed by atoms with van der Waals surface area (Å²) in [7, 11) is 1.84. The van der Waals surface area contributed by atoms with Crippen molar-refractivity contribution in [1.82, 2.24) is 4.90 Å². The lowest BCUT2D eigenvalue weighted by atomic mass is 9.96. The van der Waals surface area contributed by atoms with Gasteiger partial charge in [-0.25, -0.2) is 0 Å². The normalized spacial score (nSPS) is 12.8. The second kappa shape index (κ2) is 7.26. The minimum atomic E-state index is -0.0583. The molecule has 1 aromatic heterocycles. The number of amides is 1. The van der Waals surface area contributed by atoms with Crippen LogP contribution in [0.2, 0.25) is 0 Å². The van der Waals surface area contributed by atoms with E-state index in [2.05, 4.69) is 35.2 Å². The number of carbonyl (C=O) groups is 1. The Balaban J connectivity index is 2.59. The summed E-state index contributed by atoms with van der Waals surface area (Å²) in [5.41, 5.74) is 6.86. The average molecular weight is 333 g/mol. The molecule has 0 aliphatic rings. The number of nitrogens with two attached hydrogens (primary N) is 1. The minimum Gasteiger partial charge on any atom is -0.341 e. The second-order valence-electron chi connectivity index (χ2n) is 5.02. The molecule has 2 N–H and O–H groups in total. The molecule has 1 heterocycles. The third kappa shape index (κ3) is 4.71. The van der Waals surface area contributed by atoms with Crippen LogP contribution in [0.4, 0.5) is 0 Å². The van der Waals surface area contributed by atoms with E-state index in [4.69, 9.17) is 5.73 Å². The molecule has 0 saturated carbocycles. The highest BCUT2D eigenvalue weighted by atomic mass is 79.9. The Morgan fingerprint density at radius 2 is 2.22 bits per heavy atom. The van der Waals surface area contributed by atoms with Gasteiger partial charge in [-0.2, -0.15) is 0 Å². The molecule has 0 bridgehead atoms. The van der Waals surface area contributed by atoms with E-state index in [1.165, 1.54) is 0 Å². The average Bonchev–Trinajstić information content (AvgIpc) is 2.70. The topological polar surface area (TPSA) is 46.3 Å². The Labute approximate surface area is 121 Å². The summed E-state index contributed by atoms with van der Waals surface area (Å²) in [5, 5.41) is 2.06. The molecule has 1 aromatic rings. The number of halogens is 1. The Hall–Kier alpha value is -0.390. The number of rotatable bonds is 6. The molecule has 3 nitrogen and oxygen atoms in total. The van der Waals surface area contributed by atoms with E-state index in [9.17, 15) is 4.79 Å². The van der Waals surface area contributed by atoms with Crippen molar-refractivity contribution in [1.29, 1.82) is 0 Å². The van der Waals surface area contributed by atoms with Gasteiger partial charge in [-0.3, -0.25) is 4.79 Å².